The molecular formula is C31H62NO4+. The topological polar surface area (TPSA) is 63.6 Å². The van der Waals surface area contributed by atoms with Crippen molar-refractivity contribution in [2.75, 3.05) is 27.7 Å². The first kappa shape index (κ1) is 34.9. The molecule has 0 radical (unpaired) electrons. The van der Waals surface area contributed by atoms with Gasteiger partial charge in [0.05, 0.1) is 27.6 Å². The number of hydrogen-bond acceptors (Lipinski definition) is 3. The molecule has 1 N–H and O–H groups in total. The van der Waals surface area contributed by atoms with Crippen molar-refractivity contribution in [2.24, 2.45) is 5.92 Å². The zero-order valence-corrected chi connectivity index (χ0v) is 24.8. The number of esters is 1. The van der Waals surface area contributed by atoms with Crippen LogP contribution in [0.4, 0.5) is 0 Å². The fraction of sp³-hybridized carbons (Fsp3) is 0.935. The number of carbonyl (C=O) groups is 2. The Morgan fingerprint density at radius 1 is 0.694 bits per heavy atom. The Labute approximate surface area is 224 Å². The van der Waals surface area contributed by atoms with Crippen LogP contribution in [0.2, 0.25) is 0 Å². The van der Waals surface area contributed by atoms with Crippen LogP contribution < -0.4 is 0 Å². The van der Waals surface area contributed by atoms with Crippen LogP contribution in [0.1, 0.15) is 149 Å². The Bertz CT molecular complexity index is 529. The van der Waals surface area contributed by atoms with E-state index in [0.717, 1.165) is 12.8 Å². The summed E-state index contributed by atoms with van der Waals surface area (Å²) in [7, 11) is 5.93. The average Bonchev–Trinajstić information content (AvgIpc) is 2.77. The van der Waals surface area contributed by atoms with Crippen molar-refractivity contribution in [1.82, 2.24) is 0 Å². The predicted molar refractivity (Wildman–Crippen MR) is 152 cm³/mol. The van der Waals surface area contributed by atoms with Crippen molar-refractivity contribution in [3.63, 3.8) is 0 Å². The third-order valence-corrected chi connectivity index (χ3v) is 7.08. The number of aliphatic carboxylic acids is 1. The summed E-state index contributed by atoms with van der Waals surface area (Å²) >= 11 is 0. The highest BCUT2D eigenvalue weighted by Gasteiger charge is 2.24. The number of ether oxygens (including phenoxy) is 1. The molecule has 0 aromatic rings. The van der Waals surface area contributed by atoms with E-state index in [-0.39, 0.29) is 12.4 Å². The van der Waals surface area contributed by atoms with Gasteiger partial charge in [-0.2, -0.15) is 0 Å². The Hall–Kier alpha value is -1.10. The molecule has 2 unspecified atom stereocenters. The number of nitrogens with zero attached hydrogens (tertiary/aromatic N) is 1. The lowest BCUT2D eigenvalue weighted by Gasteiger charge is -2.28. The normalized spacial score (nSPS) is 13.5. The molecule has 0 rings (SSSR count). The van der Waals surface area contributed by atoms with E-state index in [1.807, 2.05) is 21.1 Å². The summed E-state index contributed by atoms with van der Waals surface area (Å²) in [6.07, 6.45) is 25.2. The zero-order chi connectivity index (χ0) is 27.1. The van der Waals surface area contributed by atoms with Gasteiger partial charge in [0.25, 0.3) is 0 Å². The summed E-state index contributed by atoms with van der Waals surface area (Å²) in [5, 5.41) is 9.08. The van der Waals surface area contributed by atoms with Crippen LogP contribution in [-0.4, -0.2) is 55.3 Å². The smallest absolute Gasteiger partial charge is 0.307 e. The monoisotopic (exact) mass is 512 g/mol. The van der Waals surface area contributed by atoms with Gasteiger partial charge < -0.3 is 14.3 Å². The van der Waals surface area contributed by atoms with Crippen LogP contribution >= 0.6 is 0 Å². The Kier molecular flexibility index (Phi) is 22.3. The van der Waals surface area contributed by atoms with E-state index in [4.69, 9.17) is 9.84 Å². The maximum absolute atomic E-state index is 12.2. The molecule has 0 amide bonds. The standard InChI is InChI=1S/C31H61NO4/c1-6-7-8-9-10-11-12-13-14-15-16-17-18-19-20-21-23-28(2)24-22-25-31(35)36-29(26-30(33)34)27-32(3,4)5/h28-29H,6-27H2,1-5H3/p+1. The lowest BCUT2D eigenvalue weighted by atomic mass is 9.96. The van der Waals surface area contributed by atoms with E-state index in [2.05, 4.69) is 13.8 Å². The van der Waals surface area contributed by atoms with Gasteiger partial charge in [-0.25, -0.2) is 0 Å². The minimum atomic E-state index is -0.923. The van der Waals surface area contributed by atoms with Crippen molar-refractivity contribution in [3.8, 4) is 0 Å². The van der Waals surface area contributed by atoms with Crippen LogP contribution in [0.5, 0.6) is 0 Å². The second-order valence-electron chi connectivity index (χ2n) is 12.3. The molecule has 2 atom stereocenters. The Morgan fingerprint density at radius 2 is 1.11 bits per heavy atom. The highest BCUT2D eigenvalue weighted by atomic mass is 16.5. The van der Waals surface area contributed by atoms with E-state index in [1.165, 1.54) is 109 Å². The second-order valence-corrected chi connectivity index (χ2v) is 12.3. The summed E-state index contributed by atoms with van der Waals surface area (Å²) in [4.78, 5) is 23.3. The molecule has 0 heterocycles. The van der Waals surface area contributed by atoms with Crippen LogP contribution in [0.15, 0.2) is 0 Å². The van der Waals surface area contributed by atoms with Crippen molar-refractivity contribution >= 4 is 11.9 Å². The van der Waals surface area contributed by atoms with Gasteiger partial charge in [0, 0.05) is 6.42 Å². The largest absolute Gasteiger partial charge is 0.481 e. The lowest BCUT2D eigenvalue weighted by Crippen LogP contribution is -2.43. The van der Waals surface area contributed by atoms with Gasteiger partial charge in [-0.15, -0.1) is 0 Å². The Balaban J connectivity index is 3.58. The third-order valence-electron chi connectivity index (χ3n) is 7.08. The van der Waals surface area contributed by atoms with Crippen LogP contribution in [0.3, 0.4) is 0 Å². The molecule has 0 saturated heterocycles. The first-order chi connectivity index (χ1) is 17.1. The average molecular weight is 513 g/mol. The third kappa shape index (κ3) is 26.0. The van der Waals surface area contributed by atoms with E-state index in [9.17, 15) is 9.59 Å². The molecule has 0 aromatic carbocycles. The fourth-order valence-corrected chi connectivity index (χ4v) is 4.97. The summed E-state index contributed by atoms with van der Waals surface area (Å²) in [5.74, 6) is -0.552. The Morgan fingerprint density at radius 3 is 1.53 bits per heavy atom. The molecule has 0 aliphatic heterocycles. The zero-order valence-electron chi connectivity index (χ0n) is 24.8. The molecule has 5 heteroatoms. The van der Waals surface area contributed by atoms with Gasteiger partial charge in [0.2, 0.25) is 0 Å². The number of quaternary nitrogens is 1. The van der Waals surface area contributed by atoms with Gasteiger partial charge in [-0.1, -0.05) is 129 Å². The molecule has 0 aliphatic carbocycles. The highest BCUT2D eigenvalue weighted by Crippen LogP contribution is 2.19. The summed E-state index contributed by atoms with van der Waals surface area (Å²) in [5.41, 5.74) is 0. The quantitative estimate of drug-likeness (QED) is 0.0716. The van der Waals surface area contributed by atoms with Crippen molar-refractivity contribution < 1.29 is 23.9 Å². The summed E-state index contributed by atoms with van der Waals surface area (Å²) < 4.78 is 6.05. The molecule has 0 aliphatic rings. The molecular weight excluding hydrogens is 450 g/mol. The first-order valence-corrected chi connectivity index (χ1v) is 15.4. The number of likely N-dealkylation sites (N-methyl/N-ethyl adjacent to an activating group) is 1. The van der Waals surface area contributed by atoms with Crippen molar-refractivity contribution in [3.05, 3.63) is 0 Å². The molecule has 36 heavy (non-hydrogen) atoms. The summed E-state index contributed by atoms with van der Waals surface area (Å²) in [6.45, 7) is 5.07. The maximum Gasteiger partial charge on any atom is 0.307 e. The van der Waals surface area contributed by atoms with E-state index < -0.39 is 12.1 Å². The molecule has 0 saturated carbocycles. The van der Waals surface area contributed by atoms with Gasteiger partial charge in [0.1, 0.15) is 6.54 Å². The second kappa shape index (κ2) is 23.0. The van der Waals surface area contributed by atoms with Gasteiger partial charge in [0.15, 0.2) is 6.10 Å². The first-order valence-electron chi connectivity index (χ1n) is 15.4. The fourth-order valence-electron chi connectivity index (χ4n) is 4.97. The number of carbonyl (C=O) groups excluding carboxylic acids is 1. The molecule has 0 aromatic heterocycles. The molecule has 214 valence electrons. The molecule has 0 bridgehead atoms. The molecule has 0 fully saturated rings. The number of unbranched alkanes of at least 4 members (excludes halogenated alkanes) is 15. The number of carboxylic acids is 1. The number of rotatable bonds is 26. The lowest BCUT2D eigenvalue weighted by molar-refractivity contribution is -0.873. The van der Waals surface area contributed by atoms with Crippen molar-refractivity contribution in [1.29, 1.82) is 0 Å². The number of hydrogen-bond donors (Lipinski definition) is 1. The van der Waals surface area contributed by atoms with E-state index in [1.54, 1.807) is 0 Å². The van der Waals surface area contributed by atoms with E-state index >= 15 is 0 Å². The predicted octanol–water partition coefficient (Wildman–Crippen LogP) is 8.54. The summed E-state index contributed by atoms with van der Waals surface area (Å²) in [6, 6.07) is 0. The minimum absolute atomic E-state index is 0.128. The van der Waals surface area contributed by atoms with Crippen molar-refractivity contribution in [2.45, 2.75) is 155 Å². The highest BCUT2D eigenvalue weighted by molar-refractivity contribution is 5.71. The molecule has 5 nitrogen and oxygen atoms in total. The maximum atomic E-state index is 12.2. The van der Waals surface area contributed by atoms with Gasteiger partial charge >= 0.3 is 11.9 Å². The van der Waals surface area contributed by atoms with Gasteiger partial charge in [-0.3, -0.25) is 9.59 Å². The molecule has 0 spiro atoms. The minimum Gasteiger partial charge on any atom is -0.481 e. The van der Waals surface area contributed by atoms with Crippen LogP contribution in [0.25, 0.3) is 0 Å². The van der Waals surface area contributed by atoms with Crippen LogP contribution in [0, 0.1) is 5.92 Å². The van der Waals surface area contributed by atoms with E-state index in [0.29, 0.717) is 23.4 Å². The number of carboxylic acid groups (broad SMARTS) is 1. The SMILES string of the molecule is CCCCCCCCCCCCCCCCCCC(C)CCCC(=O)OC(CC(=O)O)C[N+](C)(C)C. The van der Waals surface area contributed by atoms with Gasteiger partial charge in [-0.05, 0) is 12.3 Å². The van der Waals surface area contributed by atoms with Crippen LogP contribution in [-0.2, 0) is 14.3 Å².